The van der Waals surface area contributed by atoms with Crippen molar-refractivity contribution < 1.29 is 19.0 Å². The SMILES string of the molecule is O=C(CN1CCOCC1)Nc1ccc2c(c1)[C@H]1Oc3ccccc3C[C@H]1CO2. The molecule has 0 aromatic heterocycles. The second-order valence-electron chi connectivity index (χ2n) is 7.61. The van der Waals surface area contributed by atoms with Gasteiger partial charge in [-0.25, -0.2) is 0 Å². The molecule has 3 heterocycles. The Kier molecular flexibility index (Phi) is 4.66. The third kappa shape index (κ3) is 3.45. The van der Waals surface area contributed by atoms with Crippen LogP contribution < -0.4 is 14.8 Å². The lowest BCUT2D eigenvalue weighted by Gasteiger charge is -2.38. The molecule has 0 unspecified atom stereocenters. The standard InChI is InChI=1S/C22H24N2O4/c25-21(13-24-7-9-26-10-8-24)23-17-5-6-20-18(12-17)22-16(14-27-20)11-15-3-1-2-4-19(15)28-22/h1-6,12,16,22H,7-11,13-14H2,(H,23,25)/t16-,22-/m0/s1. The molecule has 146 valence electrons. The largest absolute Gasteiger partial charge is 0.493 e. The number of ether oxygens (including phenoxy) is 3. The first-order chi connectivity index (χ1) is 13.8. The Balaban J connectivity index is 1.33. The highest BCUT2D eigenvalue weighted by atomic mass is 16.5. The van der Waals surface area contributed by atoms with Crippen molar-refractivity contribution >= 4 is 11.6 Å². The van der Waals surface area contributed by atoms with Gasteiger partial charge in [0.05, 0.1) is 26.4 Å². The smallest absolute Gasteiger partial charge is 0.238 e. The van der Waals surface area contributed by atoms with Crippen LogP contribution in [0.4, 0.5) is 5.69 Å². The van der Waals surface area contributed by atoms with E-state index in [4.69, 9.17) is 14.2 Å². The molecular formula is C22H24N2O4. The molecule has 2 atom stereocenters. The Morgan fingerprint density at radius 1 is 1.11 bits per heavy atom. The van der Waals surface area contributed by atoms with Gasteiger partial charge in [-0.1, -0.05) is 18.2 Å². The first-order valence-electron chi connectivity index (χ1n) is 9.87. The third-order valence-corrected chi connectivity index (χ3v) is 5.66. The van der Waals surface area contributed by atoms with Gasteiger partial charge in [-0.3, -0.25) is 9.69 Å². The van der Waals surface area contributed by atoms with E-state index in [1.54, 1.807) is 0 Å². The van der Waals surface area contributed by atoms with E-state index in [0.29, 0.717) is 26.4 Å². The fourth-order valence-corrected chi connectivity index (χ4v) is 4.21. The van der Waals surface area contributed by atoms with E-state index in [-0.39, 0.29) is 17.9 Å². The average molecular weight is 380 g/mol. The number of para-hydroxylation sites is 1. The summed E-state index contributed by atoms with van der Waals surface area (Å²) in [6.45, 7) is 3.99. The van der Waals surface area contributed by atoms with Crippen molar-refractivity contribution in [1.82, 2.24) is 4.90 Å². The highest BCUT2D eigenvalue weighted by Gasteiger charge is 2.37. The van der Waals surface area contributed by atoms with E-state index in [1.165, 1.54) is 5.56 Å². The van der Waals surface area contributed by atoms with Crippen molar-refractivity contribution in [2.24, 2.45) is 5.92 Å². The van der Waals surface area contributed by atoms with Gasteiger partial charge < -0.3 is 19.5 Å². The maximum absolute atomic E-state index is 12.4. The highest BCUT2D eigenvalue weighted by molar-refractivity contribution is 5.92. The van der Waals surface area contributed by atoms with Gasteiger partial charge in [-0.15, -0.1) is 0 Å². The van der Waals surface area contributed by atoms with Crippen LogP contribution in [-0.4, -0.2) is 50.3 Å². The van der Waals surface area contributed by atoms with Crippen molar-refractivity contribution in [2.45, 2.75) is 12.5 Å². The van der Waals surface area contributed by atoms with Crippen LogP contribution in [0.5, 0.6) is 11.5 Å². The number of carbonyl (C=O) groups excluding carboxylic acids is 1. The van der Waals surface area contributed by atoms with E-state index >= 15 is 0 Å². The first kappa shape index (κ1) is 17.5. The van der Waals surface area contributed by atoms with Gasteiger partial charge in [0, 0.05) is 30.3 Å². The molecule has 0 spiro atoms. The summed E-state index contributed by atoms with van der Waals surface area (Å²) in [5.41, 5.74) is 3.02. The number of morpholine rings is 1. The molecule has 0 aliphatic carbocycles. The van der Waals surface area contributed by atoms with Gasteiger partial charge in [0.25, 0.3) is 0 Å². The Labute approximate surface area is 164 Å². The number of anilines is 1. The monoisotopic (exact) mass is 380 g/mol. The number of nitrogens with zero attached hydrogens (tertiary/aromatic N) is 1. The summed E-state index contributed by atoms with van der Waals surface area (Å²) >= 11 is 0. The molecule has 0 radical (unpaired) electrons. The van der Waals surface area contributed by atoms with Gasteiger partial charge in [0.15, 0.2) is 0 Å². The number of benzene rings is 2. The molecule has 1 amide bonds. The van der Waals surface area contributed by atoms with E-state index in [2.05, 4.69) is 16.3 Å². The summed E-state index contributed by atoms with van der Waals surface area (Å²) < 4.78 is 17.6. The highest BCUT2D eigenvalue weighted by Crippen LogP contribution is 2.45. The molecule has 1 N–H and O–H groups in total. The zero-order valence-electron chi connectivity index (χ0n) is 15.7. The van der Waals surface area contributed by atoms with Gasteiger partial charge >= 0.3 is 0 Å². The summed E-state index contributed by atoms with van der Waals surface area (Å²) in [5.74, 6) is 2.05. The molecule has 6 nitrogen and oxygen atoms in total. The van der Waals surface area contributed by atoms with Crippen LogP contribution in [0.1, 0.15) is 17.2 Å². The lowest BCUT2D eigenvalue weighted by molar-refractivity contribution is -0.118. The van der Waals surface area contributed by atoms with Crippen molar-refractivity contribution in [2.75, 3.05) is 44.8 Å². The van der Waals surface area contributed by atoms with Crippen LogP contribution in [0.15, 0.2) is 42.5 Å². The van der Waals surface area contributed by atoms with Crippen LogP contribution >= 0.6 is 0 Å². The maximum atomic E-state index is 12.4. The number of carbonyl (C=O) groups is 1. The second kappa shape index (κ2) is 7.45. The van der Waals surface area contributed by atoms with E-state index in [9.17, 15) is 4.79 Å². The Morgan fingerprint density at radius 2 is 1.96 bits per heavy atom. The quantitative estimate of drug-likeness (QED) is 0.887. The maximum Gasteiger partial charge on any atom is 0.238 e. The van der Waals surface area contributed by atoms with Crippen LogP contribution in [-0.2, 0) is 16.0 Å². The van der Waals surface area contributed by atoms with Crippen LogP contribution in [0, 0.1) is 5.92 Å². The van der Waals surface area contributed by atoms with Crippen LogP contribution in [0.2, 0.25) is 0 Å². The zero-order chi connectivity index (χ0) is 18.9. The number of hydrogen-bond acceptors (Lipinski definition) is 5. The predicted molar refractivity (Wildman–Crippen MR) is 105 cm³/mol. The molecule has 2 aromatic rings. The van der Waals surface area contributed by atoms with Crippen molar-refractivity contribution in [3.8, 4) is 11.5 Å². The van der Waals surface area contributed by atoms with E-state index in [1.807, 2.05) is 36.4 Å². The number of hydrogen-bond donors (Lipinski definition) is 1. The van der Waals surface area contributed by atoms with E-state index < -0.39 is 0 Å². The lowest BCUT2D eigenvalue weighted by Crippen LogP contribution is -2.41. The molecule has 1 fully saturated rings. The summed E-state index contributed by atoms with van der Waals surface area (Å²) in [4.78, 5) is 14.5. The summed E-state index contributed by atoms with van der Waals surface area (Å²) in [6.07, 6.45) is 0.892. The molecule has 6 heteroatoms. The van der Waals surface area contributed by atoms with Gasteiger partial charge in [-0.2, -0.15) is 0 Å². The topological polar surface area (TPSA) is 60.0 Å². The molecule has 0 saturated carbocycles. The predicted octanol–water partition coefficient (Wildman–Crippen LogP) is 2.64. The molecule has 3 aliphatic heterocycles. The molecule has 3 aliphatic rings. The van der Waals surface area contributed by atoms with Gasteiger partial charge in [-0.05, 0) is 36.2 Å². The summed E-state index contributed by atoms with van der Waals surface area (Å²) in [7, 11) is 0. The van der Waals surface area contributed by atoms with Crippen molar-refractivity contribution in [3.63, 3.8) is 0 Å². The molecule has 2 aromatic carbocycles. The Hall–Kier alpha value is -2.57. The number of amides is 1. The molecular weight excluding hydrogens is 356 g/mol. The molecule has 28 heavy (non-hydrogen) atoms. The second-order valence-corrected chi connectivity index (χ2v) is 7.61. The minimum absolute atomic E-state index is 0.00923. The number of fused-ring (bicyclic) bond motifs is 4. The number of rotatable bonds is 3. The number of nitrogens with one attached hydrogen (secondary N) is 1. The first-order valence-corrected chi connectivity index (χ1v) is 9.87. The van der Waals surface area contributed by atoms with Gasteiger partial charge in [0.2, 0.25) is 5.91 Å². The normalized spacial score (nSPS) is 23.4. The minimum atomic E-state index is -0.0465. The van der Waals surface area contributed by atoms with E-state index in [0.717, 1.165) is 42.3 Å². The average Bonchev–Trinajstić information content (AvgIpc) is 2.73. The Bertz CT molecular complexity index is 879. The summed E-state index contributed by atoms with van der Waals surface area (Å²) in [5, 5.41) is 3.02. The third-order valence-electron chi connectivity index (χ3n) is 5.66. The molecule has 5 rings (SSSR count). The van der Waals surface area contributed by atoms with Crippen molar-refractivity contribution in [3.05, 3.63) is 53.6 Å². The minimum Gasteiger partial charge on any atom is -0.493 e. The van der Waals surface area contributed by atoms with Crippen LogP contribution in [0.3, 0.4) is 0 Å². The summed E-state index contributed by atoms with van der Waals surface area (Å²) in [6, 6.07) is 14.0. The zero-order valence-corrected chi connectivity index (χ0v) is 15.7. The molecule has 0 bridgehead atoms. The lowest BCUT2D eigenvalue weighted by atomic mass is 9.85. The Morgan fingerprint density at radius 3 is 2.86 bits per heavy atom. The van der Waals surface area contributed by atoms with Crippen molar-refractivity contribution in [1.29, 1.82) is 0 Å². The van der Waals surface area contributed by atoms with Crippen LogP contribution in [0.25, 0.3) is 0 Å². The fourth-order valence-electron chi connectivity index (χ4n) is 4.21. The molecule has 1 saturated heterocycles. The fraction of sp³-hybridized carbons (Fsp3) is 0.409. The van der Waals surface area contributed by atoms with Gasteiger partial charge in [0.1, 0.15) is 17.6 Å².